The summed E-state index contributed by atoms with van der Waals surface area (Å²) in [6, 6.07) is 13.7. The fraction of sp³-hybridized carbons (Fsp3) is 0.292. The van der Waals surface area contributed by atoms with E-state index in [0.29, 0.717) is 36.2 Å². The molecule has 4 aromatic rings. The third kappa shape index (κ3) is 5.15. The van der Waals surface area contributed by atoms with E-state index in [1.165, 1.54) is 0 Å². The Kier molecular flexibility index (Phi) is 6.50. The predicted molar refractivity (Wildman–Crippen MR) is 126 cm³/mol. The fourth-order valence-corrected chi connectivity index (χ4v) is 4.50. The van der Waals surface area contributed by atoms with Gasteiger partial charge in [-0.1, -0.05) is 41.6 Å². The number of carbonyl (C=O) groups is 1. The van der Waals surface area contributed by atoms with Crippen LogP contribution in [0.15, 0.2) is 64.8 Å². The van der Waals surface area contributed by atoms with Crippen LogP contribution in [0.1, 0.15) is 22.7 Å². The second kappa shape index (κ2) is 10.0. The Hall–Kier alpha value is -3.43. The summed E-state index contributed by atoms with van der Waals surface area (Å²) in [7, 11) is 0. The summed E-state index contributed by atoms with van der Waals surface area (Å²) in [5, 5.41) is 6.06. The zero-order valence-corrected chi connectivity index (χ0v) is 18.9. The molecule has 1 aromatic carbocycles. The highest BCUT2D eigenvalue weighted by atomic mass is 32.1. The average molecular weight is 461 g/mol. The van der Waals surface area contributed by atoms with Crippen molar-refractivity contribution in [3.63, 3.8) is 0 Å². The molecule has 0 N–H and O–H groups in total. The first kappa shape index (κ1) is 21.4. The number of hydrogen-bond acceptors (Lipinski definition) is 8. The molecule has 1 amide bonds. The van der Waals surface area contributed by atoms with E-state index in [9.17, 15) is 4.79 Å². The summed E-state index contributed by atoms with van der Waals surface area (Å²) in [6.07, 6.45) is 4.94. The molecule has 5 rings (SSSR count). The first-order chi connectivity index (χ1) is 16.3. The van der Waals surface area contributed by atoms with Gasteiger partial charge in [-0.05, 0) is 24.4 Å². The average Bonchev–Trinajstić information content (AvgIpc) is 3.57. The van der Waals surface area contributed by atoms with Gasteiger partial charge in [0.05, 0.1) is 10.4 Å². The number of thiophene rings is 1. The van der Waals surface area contributed by atoms with Gasteiger partial charge in [0, 0.05) is 50.6 Å². The van der Waals surface area contributed by atoms with E-state index >= 15 is 0 Å². The summed E-state index contributed by atoms with van der Waals surface area (Å²) in [5.74, 6) is 1.95. The van der Waals surface area contributed by atoms with E-state index in [1.54, 1.807) is 23.7 Å². The smallest absolute Gasteiger partial charge is 0.257 e. The zero-order chi connectivity index (χ0) is 22.5. The Labute approximate surface area is 195 Å². The molecule has 168 valence electrons. The highest BCUT2D eigenvalue weighted by Gasteiger charge is 2.22. The molecular formula is C24H24N6O2S. The second-order valence-electron chi connectivity index (χ2n) is 7.89. The molecule has 1 aliphatic rings. The number of nitrogens with zero attached hydrogens (tertiary/aromatic N) is 6. The van der Waals surface area contributed by atoms with Crippen molar-refractivity contribution in [1.29, 1.82) is 0 Å². The summed E-state index contributed by atoms with van der Waals surface area (Å²) in [5.41, 5.74) is 1.47. The SMILES string of the molecule is O=C(c1cnc(-c2ccccc2)nc1)N1CCN(CCCc2nc(-c3cccs3)no2)CC1. The number of carbonyl (C=O) groups excluding carboxylic acids is 1. The van der Waals surface area contributed by atoms with Gasteiger partial charge < -0.3 is 9.42 Å². The molecule has 1 fully saturated rings. The van der Waals surface area contributed by atoms with Gasteiger partial charge in [-0.3, -0.25) is 9.69 Å². The lowest BCUT2D eigenvalue weighted by Gasteiger charge is -2.34. The summed E-state index contributed by atoms with van der Waals surface area (Å²) >= 11 is 1.60. The first-order valence-electron chi connectivity index (χ1n) is 11.0. The van der Waals surface area contributed by atoms with E-state index in [1.807, 2.05) is 52.7 Å². The van der Waals surface area contributed by atoms with Gasteiger partial charge in [-0.15, -0.1) is 11.3 Å². The lowest BCUT2D eigenvalue weighted by molar-refractivity contribution is 0.0634. The minimum absolute atomic E-state index is 0.0128. The lowest BCUT2D eigenvalue weighted by Crippen LogP contribution is -2.48. The Balaban J connectivity index is 1.07. The molecule has 0 unspecified atom stereocenters. The monoisotopic (exact) mass is 460 g/mol. The number of rotatable bonds is 7. The van der Waals surface area contributed by atoms with Crippen molar-refractivity contribution in [3.8, 4) is 22.1 Å². The highest BCUT2D eigenvalue weighted by Crippen LogP contribution is 2.21. The van der Waals surface area contributed by atoms with Crippen molar-refractivity contribution < 1.29 is 9.32 Å². The van der Waals surface area contributed by atoms with E-state index in [4.69, 9.17) is 4.52 Å². The molecule has 0 aliphatic carbocycles. The van der Waals surface area contributed by atoms with Crippen molar-refractivity contribution in [2.24, 2.45) is 0 Å². The minimum atomic E-state index is -0.0128. The molecule has 1 aliphatic heterocycles. The van der Waals surface area contributed by atoms with E-state index in [-0.39, 0.29) is 5.91 Å². The molecule has 0 atom stereocenters. The molecule has 8 nitrogen and oxygen atoms in total. The maximum absolute atomic E-state index is 12.9. The van der Waals surface area contributed by atoms with Crippen molar-refractivity contribution in [2.45, 2.75) is 12.8 Å². The number of aromatic nitrogens is 4. The number of benzene rings is 1. The molecule has 4 heterocycles. The van der Waals surface area contributed by atoms with Crippen LogP contribution in [-0.2, 0) is 6.42 Å². The maximum Gasteiger partial charge on any atom is 0.257 e. The molecule has 33 heavy (non-hydrogen) atoms. The minimum Gasteiger partial charge on any atom is -0.339 e. The van der Waals surface area contributed by atoms with Gasteiger partial charge in [0.15, 0.2) is 5.82 Å². The predicted octanol–water partition coefficient (Wildman–Crippen LogP) is 3.65. The largest absolute Gasteiger partial charge is 0.339 e. The molecule has 0 bridgehead atoms. The second-order valence-corrected chi connectivity index (χ2v) is 8.84. The van der Waals surface area contributed by atoms with Crippen LogP contribution in [0, 0.1) is 0 Å². The van der Waals surface area contributed by atoms with Crippen LogP contribution >= 0.6 is 11.3 Å². The van der Waals surface area contributed by atoms with Crippen molar-refractivity contribution in [2.75, 3.05) is 32.7 Å². The fourth-order valence-electron chi connectivity index (χ4n) is 3.85. The Bertz CT molecular complexity index is 1170. The van der Waals surface area contributed by atoms with Crippen LogP contribution in [0.25, 0.3) is 22.1 Å². The van der Waals surface area contributed by atoms with Gasteiger partial charge in [0.1, 0.15) is 0 Å². The van der Waals surface area contributed by atoms with E-state index in [2.05, 4.69) is 25.0 Å². The molecule has 0 radical (unpaired) electrons. The van der Waals surface area contributed by atoms with Gasteiger partial charge in [-0.25, -0.2) is 9.97 Å². The number of amides is 1. The molecule has 1 saturated heterocycles. The normalized spacial score (nSPS) is 14.5. The standard InChI is InChI=1S/C24H24N6O2S/c31-24(19-16-25-22(26-17-19)18-6-2-1-3-7-18)30-13-11-29(12-14-30)10-4-9-21-27-23(28-32-21)20-8-5-15-33-20/h1-3,5-8,15-17H,4,9-14H2. The lowest BCUT2D eigenvalue weighted by atomic mass is 10.2. The highest BCUT2D eigenvalue weighted by molar-refractivity contribution is 7.13. The van der Waals surface area contributed by atoms with Crippen LogP contribution in [-0.4, -0.2) is 68.5 Å². The Morgan fingerprint density at radius 2 is 1.76 bits per heavy atom. The number of piperazine rings is 1. The van der Waals surface area contributed by atoms with Gasteiger partial charge in [0.2, 0.25) is 11.7 Å². The Morgan fingerprint density at radius 1 is 0.970 bits per heavy atom. The van der Waals surface area contributed by atoms with Crippen LogP contribution in [0.4, 0.5) is 0 Å². The Morgan fingerprint density at radius 3 is 2.48 bits per heavy atom. The van der Waals surface area contributed by atoms with Crippen LogP contribution in [0.3, 0.4) is 0 Å². The molecular weight excluding hydrogens is 436 g/mol. The molecule has 0 saturated carbocycles. The van der Waals surface area contributed by atoms with Gasteiger partial charge in [-0.2, -0.15) is 4.98 Å². The van der Waals surface area contributed by atoms with Gasteiger partial charge in [0.25, 0.3) is 5.91 Å². The van der Waals surface area contributed by atoms with Crippen LogP contribution < -0.4 is 0 Å². The van der Waals surface area contributed by atoms with E-state index < -0.39 is 0 Å². The van der Waals surface area contributed by atoms with Crippen LogP contribution in [0.2, 0.25) is 0 Å². The van der Waals surface area contributed by atoms with Crippen molar-refractivity contribution in [1.82, 2.24) is 29.9 Å². The van der Waals surface area contributed by atoms with Crippen molar-refractivity contribution >= 4 is 17.2 Å². The molecule has 0 spiro atoms. The molecule has 3 aromatic heterocycles. The van der Waals surface area contributed by atoms with Crippen LogP contribution in [0.5, 0.6) is 0 Å². The summed E-state index contributed by atoms with van der Waals surface area (Å²) in [4.78, 5) is 31.4. The topological polar surface area (TPSA) is 88.3 Å². The summed E-state index contributed by atoms with van der Waals surface area (Å²) < 4.78 is 5.37. The number of aryl methyl sites for hydroxylation is 1. The summed E-state index contributed by atoms with van der Waals surface area (Å²) in [6.45, 7) is 4.02. The maximum atomic E-state index is 12.9. The number of hydrogen-bond donors (Lipinski definition) is 0. The zero-order valence-electron chi connectivity index (χ0n) is 18.1. The first-order valence-corrected chi connectivity index (χ1v) is 11.9. The third-order valence-corrected chi connectivity index (χ3v) is 6.53. The van der Waals surface area contributed by atoms with Gasteiger partial charge >= 0.3 is 0 Å². The quantitative estimate of drug-likeness (QED) is 0.416. The third-order valence-electron chi connectivity index (χ3n) is 5.66. The van der Waals surface area contributed by atoms with Crippen molar-refractivity contribution in [3.05, 3.63) is 71.7 Å². The van der Waals surface area contributed by atoms with E-state index in [0.717, 1.165) is 42.9 Å². The molecule has 9 heteroatoms.